The Hall–Kier alpha value is -1.01. The van der Waals surface area contributed by atoms with E-state index in [9.17, 15) is 22.3 Å². The molecular weight excluding hydrogens is 298 g/mol. The van der Waals surface area contributed by atoms with Crippen LogP contribution in [0.15, 0.2) is 18.2 Å². The van der Waals surface area contributed by atoms with Crippen LogP contribution in [0.2, 0.25) is 0 Å². The molecule has 1 saturated carbocycles. The van der Waals surface area contributed by atoms with Crippen LogP contribution in [0.5, 0.6) is 0 Å². The summed E-state index contributed by atoms with van der Waals surface area (Å²) in [6.45, 7) is 1.44. The second-order valence-corrected chi connectivity index (χ2v) is 8.23. The van der Waals surface area contributed by atoms with Crippen LogP contribution in [0.1, 0.15) is 49.8 Å². The maximum atomic E-state index is 13.2. The molecule has 3 nitrogen and oxygen atoms in total. The van der Waals surface area contributed by atoms with Crippen molar-refractivity contribution in [2.24, 2.45) is 0 Å². The third kappa shape index (κ3) is 3.80. The molecule has 0 aromatic heterocycles. The molecule has 2 rings (SSSR count). The third-order valence-corrected chi connectivity index (χ3v) is 6.50. The lowest BCUT2D eigenvalue weighted by atomic mass is 9.86. The average Bonchev–Trinajstić information content (AvgIpc) is 2.40. The molecule has 1 N–H and O–H groups in total. The van der Waals surface area contributed by atoms with E-state index in [1.54, 1.807) is 0 Å². The monoisotopic (exact) mass is 318 g/mol. The topological polar surface area (TPSA) is 54.4 Å². The Kier molecular flexibility index (Phi) is 4.68. The highest BCUT2D eigenvalue weighted by Gasteiger charge is 2.37. The van der Waals surface area contributed by atoms with Gasteiger partial charge in [0.05, 0.1) is 16.6 Å². The van der Waals surface area contributed by atoms with Crippen LogP contribution in [0.25, 0.3) is 0 Å². The van der Waals surface area contributed by atoms with Crippen molar-refractivity contribution in [3.8, 4) is 0 Å². The van der Waals surface area contributed by atoms with Gasteiger partial charge >= 0.3 is 0 Å². The molecule has 1 unspecified atom stereocenters. The van der Waals surface area contributed by atoms with Crippen molar-refractivity contribution in [2.45, 2.75) is 49.9 Å². The number of benzene rings is 1. The fourth-order valence-corrected chi connectivity index (χ4v) is 4.68. The second-order valence-electron chi connectivity index (χ2n) is 5.91. The summed E-state index contributed by atoms with van der Waals surface area (Å²) >= 11 is 0. The van der Waals surface area contributed by atoms with E-state index in [4.69, 9.17) is 0 Å². The number of aliphatic hydroxyl groups is 1. The first kappa shape index (κ1) is 16.4. The zero-order valence-electron chi connectivity index (χ0n) is 12.0. The van der Waals surface area contributed by atoms with Gasteiger partial charge in [0.25, 0.3) is 0 Å². The van der Waals surface area contributed by atoms with Crippen LogP contribution in [-0.2, 0) is 9.84 Å². The Balaban J connectivity index is 2.19. The van der Waals surface area contributed by atoms with Crippen molar-refractivity contribution >= 4 is 9.84 Å². The molecule has 0 radical (unpaired) electrons. The first-order valence-electron chi connectivity index (χ1n) is 7.12. The minimum atomic E-state index is -3.64. The molecule has 1 fully saturated rings. The van der Waals surface area contributed by atoms with Crippen molar-refractivity contribution in [1.29, 1.82) is 0 Å². The van der Waals surface area contributed by atoms with Gasteiger partial charge in [0.1, 0.15) is 0 Å². The van der Waals surface area contributed by atoms with Gasteiger partial charge in [-0.15, -0.1) is 0 Å². The minimum Gasteiger partial charge on any atom is -0.389 e. The maximum Gasteiger partial charge on any atom is 0.159 e. The number of hydrogen-bond acceptors (Lipinski definition) is 3. The molecule has 21 heavy (non-hydrogen) atoms. The quantitative estimate of drug-likeness (QED) is 0.928. The predicted molar refractivity (Wildman–Crippen MR) is 76.6 cm³/mol. The van der Waals surface area contributed by atoms with E-state index in [1.807, 2.05) is 0 Å². The van der Waals surface area contributed by atoms with E-state index in [2.05, 4.69) is 0 Å². The summed E-state index contributed by atoms with van der Waals surface area (Å²) in [7, 11) is -3.64. The van der Waals surface area contributed by atoms with Crippen LogP contribution in [-0.4, -0.2) is 24.9 Å². The highest BCUT2D eigenvalue weighted by molar-refractivity contribution is 7.91. The first-order valence-corrected chi connectivity index (χ1v) is 8.84. The lowest BCUT2D eigenvalue weighted by molar-refractivity contribution is 0.0256. The van der Waals surface area contributed by atoms with Crippen molar-refractivity contribution in [3.63, 3.8) is 0 Å². The molecular formula is C15H20F2O3S. The Morgan fingerprint density at radius 3 is 2.38 bits per heavy atom. The van der Waals surface area contributed by atoms with Crippen molar-refractivity contribution in [1.82, 2.24) is 0 Å². The van der Waals surface area contributed by atoms with Crippen LogP contribution in [0.3, 0.4) is 0 Å². The summed E-state index contributed by atoms with van der Waals surface area (Å²) < 4.78 is 51.0. The van der Waals surface area contributed by atoms with Crippen LogP contribution >= 0.6 is 0 Å². The van der Waals surface area contributed by atoms with Gasteiger partial charge in [-0.05, 0) is 37.5 Å². The standard InChI is InChI=1S/C15H20F2O3S/c1-11(12-5-6-13(16)14(17)9-12)21(19,20)10-15(18)7-3-2-4-8-15/h5-6,9,11,18H,2-4,7-8,10H2,1H3. The Morgan fingerprint density at radius 2 is 1.81 bits per heavy atom. The molecule has 1 aliphatic rings. The molecule has 118 valence electrons. The average molecular weight is 318 g/mol. The first-order chi connectivity index (χ1) is 9.73. The third-order valence-electron chi connectivity index (χ3n) is 4.21. The number of halogens is 2. The van der Waals surface area contributed by atoms with E-state index in [0.717, 1.165) is 31.4 Å². The van der Waals surface area contributed by atoms with Gasteiger partial charge in [-0.3, -0.25) is 0 Å². The predicted octanol–water partition coefficient (Wildman–Crippen LogP) is 3.14. The largest absolute Gasteiger partial charge is 0.389 e. The summed E-state index contributed by atoms with van der Waals surface area (Å²) in [4.78, 5) is 0. The highest BCUT2D eigenvalue weighted by atomic mass is 32.2. The zero-order valence-corrected chi connectivity index (χ0v) is 12.8. The van der Waals surface area contributed by atoms with Crippen molar-refractivity contribution < 1.29 is 22.3 Å². The van der Waals surface area contributed by atoms with Gasteiger partial charge in [0.15, 0.2) is 21.5 Å². The summed E-state index contributed by atoms with van der Waals surface area (Å²) in [6.07, 6.45) is 3.56. The molecule has 0 amide bonds. The van der Waals surface area contributed by atoms with Gasteiger partial charge < -0.3 is 5.11 Å². The Morgan fingerprint density at radius 1 is 1.19 bits per heavy atom. The van der Waals surface area contributed by atoms with E-state index >= 15 is 0 Å². The Labute approximate surface area is 123 Å². The molecule has 0 aliphatic heterocycles. The lowest BCUT2D eigenvalue weighted by Crippen LogP contribution is -2.40. The molecule has 1 aromatic rings. The van der Waals surface area contributed by atoms with E-state index in [1.165, 1.54) is 13.0 Å². The fourth-order valence-electron chi connectivity index (χ4n) is 2.83. The number of hydrogen-bond donors (Lipinski definition) is 1. The van der Waals surface area contributed by atoms with E-state index in [0.29, 0.717) is 12.8 Å². The summed E-state index contributed by atoms with van der Waals surface area (Å²) in [6, 6.07) is 3.10. The molecule has 0 saturated heterocycles. The second kappa shape index (κ2) is 6.01. The molecule has 0 bridgehead atoms. The van der Waals surface area contributed by atoms with Crippen LogP contribution < -0.4 is 0 Å². The molecule has 6 heteroatoms. The lowest BCUT2D eigenvalue weighted by Gasteiger charge is -2.32. The molecule has 1 atom stereocenters. The number of sulfone groups is 1. The molecule has 0 spiro atoms. The Bertz CT molecular complexity index is 607. The van der Waals surface area contributed by atoms with Crippen LogP contribution in [0, 0.1) is 11.6 Å². The molecule has 0 heterocycles. The fraction of sp³-hybridized carbons (Fsp3) is 0.600. The normalized spacial score (nSPS) is 20.2. The zero-order chi connectivity index (χ0) is 15.7. The van der Waals surface area contributed by atoms with Crippen LogP contribution in [0.4, 0.5) is 8.78 Å². The minimum absolute atomic E-state index is 0.202. The van der Waals surface area contributed by atoms with Gasteiger partial charge in [-0.1, -0.05) is 25.3 Å². The number of rotatable bonds is 4. The van der Waals surface area contributed by atoms with Gasteiger partial charge in [-0.25, -0.2) is 17.2 Å². The SMILES string of the molecule is CC(c1ccc(F)c(F)c1)S(=O)(=O)CC1(O)CCCCC1. The van der Waals surface area contributed by atoms with Gasteiger partial charge in [0, 0.05) is 0 Å². The van der Waals surface area contributed by atoms with E-state index in [-0.39, 0.29) is 11.3 Å². The van der Waals surface area contributed by atoms with Crippen molar-refractivity contribution in [3.05, 3.63) is 35.4 Å². The maximum absolute atomic E-state index is 13.2. The van der Waals surface area contributed by atoms with E-state index < -0.39 is 32.3 Å². The molecule has 1 aliphatic carbocycles. The van der Waals surface area contributed by atoms with Crippen molar-refractivity contribution in [2.75, 3.05) is 5.75 Å². The summed E-state index contributed by atoms with van der Waals surface area (Å²) in [5, 5.41) is 9.41. The van der Waals surface area contributed by atoms with Gasteiger partial charge in [0.2, 0.25) is 0 Å². The smallest absolute Gasteiger partial charge is 0.159 e. The summed E-state index contributed by atoms with van der Waals surface area (Å²) in [5.74, 6) is -2.40. The van der Waals surface area contributed by atoms with Gasteiger partial charge in [-0.2, -0.15) is 0 Å². The highest BCUT2D eigenvalue weighted by Crippen LogP contribution is 2.33. The summed E-state index contributed by atoms with van der Waals surface area (Å²) in [5.41, 5.74) is -0.988. The molecule has 1 aromatic carbocycles.